The first-order valence-electron chi connectivity index (χ1n) is 5.93. The summed E-state index contributed by atoms with van der Waals surface area (Å²) in [7, 11) is 0. The Morgan fingerprint density at radius 3 is 2.84 bits per heavy atom. The van der Waals surface area contributed by atoms with E-state index in [0.29, 0.717) is 16.5 Å². The van der Waals surface area contributed by atoms with Gasteiger partial charge in [0.1, 0.15) is 11.1 Å². The lowest BCUT2D eigenvalue weighted by Crippen LogP contribution is -2.39. The van der Waals surface area contributed by atoms with Crippen LogP contribution >= 0.6 is 11.3 Å². The molecule has 0 fully saturated rings. The second-order valence-corrected chi connectivity index (χ2v) is 5.70. The van der Waals surface area contributed by atoms with Gasteiger partial charge in [-0.15, -0.1) is 11.3 Å². The molecule has 0 spiro atoms. The molecule has 1 heterocycles. The van der Waals surface area contributed by atoms with E-state index < -0.39 is 11.8 Å². The van der Waals surface area contributed by atoms with E-state index in [1.54, 1.807) is 5.43 Å². The van der Waals surface area contributed by atoms with Crippen LogP contribution in [0.5, 0.6) is 0 Å². The molecule has 1 atom stereocenters. The number of anilines is 1. The van der Waals surface area contributed by atoms with Crippen molar-refractivity contribution >= 4 is 28.2 Å². The van der Waals surface area contributed by atoms with Gasteiger partial charge in [0.25, 0.3) is 0 Å². The summed E-state index contributed by atoms with van der Waals surface area (Å²) in [6.45, 7) is 2.16. The molecule has 100 valence electrons. The van der Waals surface area contributed by atoms with Gasteiger partial charge in [-0.3, -0.25) is 15.0 Å². The number of hydrazine groups is 1. The van der Waals surface area contributed by atoms with E-state index in [1.165, 1.54) is 11.3 Å². The number of nitrogens with two attached hydrogens (primary N) is 1. The van der Waals surface area contributed by atoms with Gasteiger partial charge in [-0.05, 0) is 30.7 Å². The minimum atomic E-state index is -0.927. The monoisotopic (exact) mass is 278 g/mol. The molecule has 0 unspecified atom stereocenters. The standard InChI is InChI=1S/C12H14N4O2S/c1-6-2-3-7-8(5-13)12(19-9(7)4-6)15-10(17)11(18)16-14/h6H,2-4,14H2,1H3,(H,15,17)(H,16,18)/t6-/m1/s1. The van der Waals surface area contributed by atoms with Gasteiger partial charge in [0.2, 0.25) is 0 Å². The van der Waals surface area contributed by atoms with Crippen molar-refractivity contribution in [3.8, 4) is 6.07 Å². The Labute approximate surface area is 114 Å². The maximum Gasteiger partial charge on any atom is 0.323 e. The zero-order valence-electron chi connectivity index (χ0n) is 10.4. The van der Waals surface area contributed by atoms with Crippen molar-refractivity contribution in [2.75, 3.05) is 5.32 Å². The molecule has 0 radical (unpaired) electrons. The summed E-state index contributed by atoms with van der Waals surface area (Å²) in [5, 5.41) is 12.1. The highest BCUT2D eigenvalue weighted by atomic mass is 32.1. The fourth-order valence-corrected chi connectivity index (χ4v) is 3.54. The highest BCUT2D eigenvalue weighted by Crippen LogP contribution is 2.39. The lowest BCUT2D eigenvalue weighted by molar-refractivity contribution is -0.136. The molecular weight excluding hydrogens is 264 g/mol. The average molecular weight is 278 g/mol. The van der Waals surface area contributed by atoms with Crippen LogP contribution < -0.4 is 16.6 Å². The van der Waals surface area contributed by atoms with E-state index >= 15 is 0 Å². The molecule has 0 saturated heterocycles. The maximum absolute atomic E-state index is 11.5. The van der Waals surface area contributed by atoms with Crippen LogP contribution in [-0.4, -0.2) is 11.8 Å². The molecule has 0 aliphatic heterocycles. The molecular formula is C12H14N4O2S. The largest absolute Gasteiger partial charge is 0.323 e. The topological polar surface area (TPSA) is 108 Å². The van der Waals surface area contributed by atoms with Crippen LogP contribution in [0, 0.1) is 17.2 Å². The van der Waals surface area contributed by atoms with Crippen LogP contribution in [0.4, 0.5) is 5.00 Å². The summed E-state index contributed by atoms with van der Waals surface area (Å²) in [5.41, 5.74) is 3.25. The number of nitriles is 1. The third-order valence-corrected chi connectivity index (χ3v) is 4.36. The predicted octanol–water partition coefficient (Wildman–Crippen LogP) is 0.673. The number of fused-ring (bicyclic) bond motifs is 1. The third-order valence-electron chi connectivity index (χ3n) is 3.19. The molecule has 19 heavy (non-hydrogen) atoms. The predicted molar refractivity (Wildman–Crippen MR) is 71.2 cm³/mol. The summed E-state index contributed by atoms with van der Waals surface area (Å²) < 4.78 is 0. The smallest absolute Gasteiger partial charge is 0.308 e. The highest BCUT2D eigenvalue weighted by molar-refractivity contribution is 7.16. The Morgan fingerprint density at radius 1 is 1.47 bits per heavy atom. The summed E-state index contributed by atoms with van der Waals surface area (Å²) in [6.07, 6.45) is 2.79. The number of carbonyl (C=O) groups excluding carboxylic acids is 2. The molecule has 1 aromatic rings. The second kappa shape index (κ2) is 5.38. The summed E-state index contributed by atoms with van der Waals surface area (Å²) in [5.74, 6) is 3.69. The molecule has 6 nitrogen and oxygen atoms in total. The first-order chi connectivity index (χ1) is 9.06. The first-order valence-corrected chi connectivity index (χ1v) is 6.75. The SMILES string of the molecule is C[C@@H]1CCc2c(sc(NC(=O)C(=O)NN)c2C#N)C1. The highest BCUT2D eigenvalue weighted by Gasteiger charge is 2.25. The van der Waals surface area contributed by atoms with E-state index in [0.717, 1.165) is 29.7 Å². The number of hydrogen-bond acceptors (Lipinski definition) is 5. The molecule has 0 saturated carbocycles. The van der Waals surface area contributed by atoms with Crippen LogP contribution in [0.1, 0.15) is 29.3 Å². The molecule has 1 aromatic heterocycles. The number of nitrogens with one attached hydrogen (secondary N) is 2. The second-order valence-electron chi connectivity index (χ2n) is 4.60. The van der Waals surface area contributed by atoms with Crippen LogP contribution in [0.3, 0.4) is 0 Å². The number of amides is 2. The average Bonchev–Trinajstić information content (AvgIpc) is 2.73. The van der Waals surface area contributed by atoms with Crippen LogP contribution in [0.15, 0.2) is 0 Å². The summed E-state index contributed by atoms with van der Waals surface area (Å²) in [6, 6.07) is 2.11. The van der Waals surface area contributed by atoms with Crippen LogP contribution in [0.25, 0.3) is 0 Å². The van der Waals surface area contributed by atoms with Crippen molar-refractivity contribution < 1.29 is 9.59 Å². The Balaban J connectivity index is 2.30. The quantitative estimate of drug-likeness (QED) is 0.304. The molecule has 2 rings (SSSR count). The lowest BCUT2D eigenvalue weighted by atomic mass is 9.89. The van der Waals surface area contributed by atoms with Crippen molar-refractivity contribution in [3.63, 3.8) is 0 Å². The van der Waals surface area contributed by atoms with Gasteiger partial charge >= 0.3 is 11.8 Å². The molecule has 1 aliphatic rings. The lowest BCUT2D eigenvalue weighted by Gasteiger charge is -2.17. The van der Waals surface area contributed by atoms with Crippen LogP contribution in [-0.2, 0) is 22.4 Å². The molecule has 2 amide bonds. The van der Waals surface area contributed by atoms with Gasteiger partial charge in [-0.25, -0.2) is 5.84 Å². The number of rotatable bonds is 1. The Bertz CT molecular complexity index is 573. The molecule has 4 N–H and O–H groups in total. The van der Waals surface area contributed by atoms with E-state index in [9.17, 15) is 14.9 Å². The molecule has 0 aromatic carbocycles. The fraction of sp³-hybridized carbons (Fsp3) is 0.417. The minimum absolute atomic E-state index is 0.440. The number of nitrogens with zero attached hydrogens (tertiary/aromatic N) is 1. The van der Waals surface area contributed by atoms with E-state index in [1.807, 2.05) is 0 Å². The zero-order valence-corrected chi connectivity index (χ0v) is 11.3. The van der Waals surface area contributed by atoms with Gasteiger partial charge in [-0.2, -0.15) is 5.26 Å². The van der Waals surface area contributed by atoms with E-state index in [-0.39, 0.29) is 0 Å². The van der Waals surface area contributed by atoms with Gasteiger partial charge in [0.15, 0.2) is 0 Å². The van der Waals surface area contributed by atoms with Gasteiger partial charge in [0.05, 0.1) is 5.56 Å². The number of carbonyl (C=O) groups is 2. The summed E-state index contributed by atoms with van der Waals surface area (Å²) >= 11 is 1.37. The zero-order chi connectivity index (χ0) is 14.0. The van der Waals surface area contributed by atoms with Crippen molar-refractivity contribution in [1.29, 1.82) is 5.26 Å². The number of hydrogen-bond donors (Lipinski definition) is 3. The summed E-state index contributed by atoms with van der Waals surface area (Å²) in [4.78, 5) is 23.7. The Kier molecular flexibility index (Phi) is 3.83. The number of thiophene rings is 1. The first kappa shape index (κ1) is 13.5. The molecule has 0 bridgehead atoms. The Morgan fingerprint density at radius 2 is 2.21 bits per heavy atom. The van der Waals surface area contributed by atoms with Crippen molar-refractivity contribution in [1.82, 2.24) is 5.43 Å². The van der Waals surface area contributed by atoms with E-state index in [2.05, 4.69) is 18.3 Å². The van der Waals surface area contributed by atoms with Crippen LogP contribution in [0.2, 0.25) is 0 Å². The Hall–Kier alpha value is -1.91. The van der Waals surface area contributed by atoms with Gasteiger partial charge in [-0.1, -0.05) is 6.92 Å². The van der Waals surface area contributed by atoms with E-state index in [4.69, 9.17) is 5.84 Å². The van der Waals surface area contributed by atoms with Crippen molar-refractivity contribution in [2.24, 2.45) is 11.8 Å². The molecule has 1 aliphatic carbocycles. The van der Waals surface area contributed by atoms with Gasteiger partial charge in [0, 0.05) is 4.88 Å². The van der Waals surface area contributed by atoms with Gasteiger partial charge < -0.3 is 5.32 Å². The maximum atomic E-state index is 11.5. The molecule has 7 heteroatoms. The fourth-order valence-electron chi connectivity index (χ4n) is 2.18. The van der Waals surface area contributed by atoms with Crippen molar-refractivity contribution in [3.05, 3.63) is 16.0 Å². The minimum Gasteiger partial charge on any atom is -0.308 e. The third kappa shape index (κ3) is 2.59. The van der Waals surface area contributed by atoms with Crippen molar-refractivity contribution in [2.45, 2.75) is 26.2 Å². The normalized spacial score (nSPS) is 17.2.